The summed E-state index contributed by atoms with van der Waals surface area (Å²) in [5, 5.41) is 3.45. The summed E-state index contributed by atoms with van der Waals surface area (Å²) in [5.41, 5.74) is 0.860. The van der Waals surface area contributed by atoms with E-state index < -0.39 is 0 Å². The quantitative estimate of drug-likeness (QED) is 0.813. The highest BCUT2D eigenvalue weighted by Crippen LogP contribution is 2.18. The lowest BCUT2D eigenvalue weighted by Gasteiger charge is -2.30. The molecule has 1 atom stereocenters. The fourth-order valence-corrected chi connectivity index (χ4v) is 2.74. The molecule has 2 amide bonds. The number of hydrogen-bond acceptors (Lipinski definition) is 2. The molecule has 2 rings (SSSR count). The molecule has 1 aromatic carbocycles. The van der Waals surface area contributed by atoms with Crippen LogP contribution in [0.15, 0.2) is 30.3 Å². The second-order valence-electron chi connectivity index (χ2n) is 3.92. The van der Waals surface area contributed by atoms with Crippen LogP contribution >= 0.6 is 11.8 Å². The van der Waals surface area contributed by atoms with E-state index in [0.29, 0.717) is 5.25 Å². The number of benzene rings is 1. The SMILES string of the molecule is CC1CN(C(=O)Nc2ccccc2)CCS1. The lowest BCUT2D eigenvalue weighted by molar-refractivity contribution is 0.214. The number of anilines is 1. The van der Waals surface area contributed by atoms with Crippen molar-refractivity contribution in [1.29, 1.82) is 0 Å². The fraction of sp³-hybridized carbons (Fsp3) is 0.417. The molecule has 1 aromatic rings. The highest BCUT2D eigenvalue weighted by molar-refractivity contribution is 7.99. The normalized spacial score (nSPS) is 20.6. The van der Waals surface area contributed by atoms with Crippen LogP contribution in [0.2, 0.25) is 0 Å². The van der Waals surface area contributed by atoms with Crippen molar-refractivity contribution in [2.24, 2.45) is 0 Å². The molecule has 0 radical (unpaired) electrons. The second-order valence-corrected chi connectivity index (χ2v) is 5.47. The smallest absolute Gasteiger partial charge is 0.321 e. The molecule has 1 aliphatic heterocycles. The molecule has 1 saturated heterocycles. The van der Waals surface area contributed by atoms with Gasteiger partial charge in [-0.05, 0) is 12.1 Å². The van der Waals surface area contributed by atoms with Gasteiger partial charge in [0.25, 0.3) is 0 Å². The van der Waals surface area contributed by atoms with Crippen LogP contribution in [0.1, 0.15) is 6.92 Å². The van der Waals surface area contributed by atoms with Gasteiger partial charge in [-0.3, -0.25) is 0 Å². The first-order valence-corrected chi connectivity index (χ1v) is 6.53. The second kappa shape index (κ2) is 5.25. The number of para-hydroxylation sites is 1. The molecule has 4 heteroatoms. The van der Waals surface area contributed by atoms with Gasteiger partial charge in [-0.15, -0.1) is 0 Å². The number of thioether (sulfide) groups is 1. The Balaban J connectivity index is 1.93. The van der Waals surface area contributed by atoms with Crippen molar-refractivity contribution in [3.05, 3.63) is 30.3 Å². The first-order valence-electron chi connectivity index (χ1n) is 5.48. The predicted octanol–water partition coefficient (Wildman–Crippen LogP) is 2.66. The average molecular weight is 236 g/mol. The lowest BCUT2D eigenvalue weighted by atomic mass is 10.3. The third-order valence-corrected chi connectivity index (χ3v) is 3.69. The van der Waals surface area contributed by atoms with Crippen molar-refractivity contribution in [3.63, 3.8) is 0 Å². The van der Waals surface area contributed by atoms with E-state index >= 15 is 0 Å². The van der Waals surface area contributed by atoms with Gasteiger partial charge in [0.1, 0.15) is 0 Å². The van der Waals surface area contributed by atoms with Crippen molar-refractivity contribution in [1.82, 2.24) is 4.90 Å². The van der Waals surface area contributed by atoms with E-state index in [0.717, 1.165) is 24.5 Å². The average Bonchev–Trinajstić information content (AvgIpc) is 2.30. The molecule has 3 nitrogen and oxygen atoms in total. The lowest BCUT2D eigenvalue weighted by Crippen LogP contribution is -2.43. The maximum atomic E-state index is 11.9. The molecule has 86 valence electrons. The number of hydrogen-bond donors (Lipinski definition) is 1. The molecule has 1 aliphatic rings. The van der Waals surface area contributed by atoms with E-state index in [-0.39, 0.29) is 6.03 Å². The van der Waals surface area contributed by atoms with Crippen LogP contribution in [0.5, 0.6) is 0 Å². The van der Waals surface area contributed by atoms with Crippen LogP contribution in [-0.4, -0.2) is 35.0 Å². The Bertz CT molecular complexity index is 355. The summed E-state index contributed by atoms with van der Waals surface area (Å²) in [5.74, 6) is 1.03. The zero-order chi connectivity index (χ0) is 11.4. The van der Waals surface area contributed by atoms with Crippen LogP contribution in [0.25, 0.3) is 0 Å². The highest BCUT2D eigenvalue weighted by atomic mass is 32.2. The highest BCUT2D eigenvalue weighted by Gasteiger charge is 2.20. The minimum atomic E-state index is 0.0124. The van der Waals surface area contributed by atoms with Crippen LogP contribution in [0, 0.1) is 0 Å². The molecule has 1 unspecified atom stereocenters. The van der Waals surface area contributed by atoms with Crippen molar-refractivity contribution in [3.8, 4) is 0 Å². The zero-order valence-electron chi connectivity index (χ0n) is 9.35. The Hall–Kier alpha value is -1.16. The van der Waals surface area contributed by atoms with Crippen molar-refractivity contribution >= 4 is 23.5 Å². The third-order valence-electron chi connectivity index (χ3n) is 2.55. The fourth-order valence-electron chi connectivity index (χ4n) is 1.73. The van der Waals surface area contributed by atoms with Gasteiger partial charge in [-0.2, -0.15) is 11.8 Å². The number of rotatable bonds is 1. The summed E-state index contributed by atoms with van der Waals surface area (Å²) in [7, 11) is 0. The summed E-state index contributed by atoms with van der Waals surface area (Å²) in [6, 6.07) is 9.60. The van der Waals surface area contributed by atoms with Crippen LogP contribution in [0.3, 0.4) is 0 Å². The van der Waals surface area contributed by atoms with Gasteiger partial charge in [0, 0.05) is 29.8 Å². The molecule has 16 heavy (non-hydrogen) atoms. The minimum absolute atomic E-state index is 0.0124. The van der Waals surface area contributed by atoms with Crippen molar-refractivity contribution < 1.29 is 4.79 Å². The summed E-state index contributed by atoms with van der Waals surface area (Å²) < 4.78 is 0. The van der Waals surface area contributed by atoms with E-state index in [1.54, 1.807) is 0 Å². The van der Waals surface area contributed by atoms with E-state index in [4.69, 9.17) is 0 Å². The number of nitrogens with zero attached hydrogens (tertiary/aromatic N) is 1. The summed E-state index contributed by atoms with van der Waals surface area (Å²) in [6.45, 7) is 3.84. The van der Waals surface area contributed by atoms with Gasteiger partial charge in [-0.25, -0.2) is 4.79 Å². The number of nitrogens with one attached hydrogen (secondary N) is 1. The van der Waals surface area contributed by atoms with E-state index in [9.17, 15) is 4.79 Å². The van der Waals surface area contributed by atoms with Gasteiger partial charge in [0.15, 0.2) is 0 Å². The predicted molar refractivity (Wildman–Crippen MR) is 69.0 cm³/mol. The summed E-state index contributed by atoms with van der Waals surface area (Å²) >= 11 is 1.92. The maximum absolute atomic E-state index is 11.9. The largest absolute Gasteiger partial charge is 0.323 e. The van der Waals surface area contributed by atoms with Crippen molar-refractivity contribution in [2.45, 2.75) is 12.2 Å². The molecule has 0 saturated carbocycles. The molecular formula is C12H16N2OS. The number of urea groups is 1. The van der Waals surface area contributed by atoms with Crippen LogP contribution in [-0.2, 0) is 0 Å². The maximum Gasteiger partial charge on any atom is 0.321 e. The standard InChI is InChI=1S/C12H16N2OS/c1-10-9-14(7-8-16-10)12(15)13-11-5-3-2-4-6-11/h2-6,10H,7-9H2,1H3,(H,13,15). The van der Waals surface area contributed by atoms with E-state index in [1.165, 1.54) is 0 Å². The van der Waals surface area contributed by atoms with E-state index in [1.807, 2.05) is 47.0 Å². The van der Waals surface area contributed by atoms with Gasteiger partial charge in [-0.1, -0.05) is 25.1 Å². The van der Waals surface area contributed by atoms with E-state index in [2.05, 4.69) is 12.2 Å². The number of carbonyl (C=O) groups excluding carboxylic acids is 1. The molecule has 0 bridgehead atoms. The molecule has 0 spiro atoms. The third kappa shape index (κ3) is 2.92. The topological polar surface area (TPSA) is 32.3 Å². The van der Waals surface area contributed by atoms with Gasteiger partial charge >= 0.3 is 6.03 Å². The minimum Gasteiger partial charge on any atom is -0.323 e. The summed E-state index contributed by atoms with van der Waals surface area (Å²) in [4.78, 5) is 13.8. The van der Waals surface area contributed by atoms with Gasteiger partial charge < -0.3 is 10.2 Å². The Morgan fingerprint density at radius 3 is 2.88 bits per heavy atom. The molecule has 1 fully saturated rings. The van der Waals surface area contributed by atoms with Crippen LogP contribution < -0.4 is 5.32 Å². The molecule has 0 aliphatic carbocycles. The monoisotopic (exact) mass is 236 g/mol. The Morgan fingerprint density at radius 2 is 2.19 bits per heavy atom. The molecule has 1 heterocycles. The van der Waals surface area contributed by atoms with Gasteiger partial charge in [0.05, 0.1) is 0 Å². The summed E-state index contributed by atoms with van der Waals surface area (Å²) in [6.07, 6.45) is 0. The first kappa shape index (κ1) is 11.3. The Labute approximate surface area is 100 Å². The molecule has 1 N–H and O–H groups in total. The van der Waals surface area contributed by atoms with Crippen LogP contribution in [0.4, 0.5) is 10.5 Å². The molecular weight excluding hydrogens is 220 g/mol. The molecule has 0 aromatic heterocycles. The number of carbonyl (C=O) groups is 1. The Morgan fingerprint density at radius 1 is 1.44 bits per heavy atom. The first-order chi connectivity index (χ1) is 7.75. The number of amides is 2. The zero-order valence-corrected chi connectivity index (χ0v) is 10.2. The Kier molecular flexibility index (Phi) is 3.72. The van der Waals surface area contributed by atoms with Crippen molar-refractivity contribution in [2.75, 3.05) is 24.2 Å². The van der Waals surface area contributed by atoms with Gasteiger partial charge in [0.2, 0.25) is 0 Å².